The van der Waals surface area contributed by atoms with Crippen LogP contribution < -0.4 is 5.56 Å². The Hall–Kier alpha value is -3.13. The van der Waals surface area contributed by atoms with Crippen molar-refractivity contribution in [2.45, 2.75) is 38.5 Å². The Labute approximate surface area is 190 Å². The molecule has 8 heteroatoms. The molecule has 0 aliphatic carbocycles. The Kier molecular flexibility index (Phi) is 5.46. The van der Waals surface area contributed by atoms with Crippen molar-refractivity contribution in [1.29, 1.82) is 0 Å². The van der Waals surface area contributed by atoms with Crippen molar-refractivity contribution in [3.8, 4) is 0 Å². The van der Waals surface area contributed by atoms with E-state index in [4.69, 9.17) is 0 Å². The number of rotatable bonds is 5. The fourth-order valence-electron chi connectivity index (χ4n) is 4.28. The molecule has 32 heavy (non-hydrogen) atoms. The maximum absolute atomic E-state index is 13.1. The van der Waals surface area contributed by atoms with Crippen molar-refractivity contribution in [3.63, 3.8) is 0 Å². The Morgan fingerprint density at radius 2 is 1.81 bits per heavy atom. The van der Waals surface area contributed by atoms with Crippen molar-refractivity contribution in [2.75, 3.05) is 12.3 Å². The Bertz CT molecular complexity index is 1370. The quantitative estimate of drug-likeness (QED) is 0.439. The van der Waals surface area contributed by atoms with Gasteiger partial charge in [0.15, 0.2) is 5.16 Å². The van der Waals surface area contributed by atoms with Crippen LogP contribution in [0.4, 0.5) is 0 Å². The number of hydrogen-bond acceptors (Lipinski definition) is 5. The topological polar surface area (TPSA) is 72.5 Å². The van der Waals surface area contributed by atoms with Gasteiger partial charge in [-0.1, -0.05) is 62.0 Å². The zero-order valence-electron chi connectivity index (χ0n) is 18.2. The van der Waals surface area contributed by atoms with Gasteiger partial charge in [0.05, 0.1) is 16.7 Å². The lowest BCUT2D eigenvalue weighted by atomic mass is 10.00. The van der Waals surface area contributed by atoms with Crippen LogP contribution in [-0.2, 0) is 24.3 Å². The first-order valence-corrected chi connectivity index (χ1v) is 11.9. The van der Waals surface area contributed by atoms with Crippen LogP contribution in [0.1, 0.15) is 25.0 Å². The van der Waals surface area contributed by atoms with Crippen molar-refractivity contribution >= 4 is 34.3 Å². The summed E-state index contributed by atoms with van der Waals surface area (Å²) < 4.78 is 3.59. The summed E-state index contributed by atoms with van der Waals surface area (Å²) in [6.07, 6.45) is 0.882. The van der Waals surface area contributed by atoms with Gasteiger partial charge in [-0.3, -0.25) is 18.6 Å². The van der Waals surface area contributed by atoms with Gasteiger partial charge in [-0.2, -0.15) is 0 Å². The third kappa shape index (κ3) is 3.68. The normalized spacial score (nSPS) is 13.8. The van der Waals surface area contributed by atoms with E-state index < -0.39 is 0 Å². The molecule has 5 rings (SSSR count). The lowest BCUT2D eigenvalue weighted by Gasteiger charge is -2.28. The zero-order chi connectivity index (χ0) is 22.2. The standard InChI is InChI=1S/C24H25N5O2S/c1-16(2)13-28-22(31)19-9-5-6-10-20(19)29-23(28)25-26-24(29)32-15-21(30)27-12-11-17-7-3-4-8-18(17)14-27/h3-10,16H,11-15H2,1-2H3. The monoisotopic (exact) mass is 447 g/mol. The number of carbonyl (C=O) groups excluding carboxylic acids is 1. The molecule has 1 aliphatic heterocycles. The summed E-state index contributed by atoms with van der Waals surface area (Å²) in [4.78, 5) is 27.9. The second-order valence-corrected chi connectivity index (χ2v) is 9.51. The van der Waals surface area contributed by atoms with Crippen molar-refractivity contribution < 1.29 is 4.79 Å². The van der Waals surface area contributed by atoms with Crippen molar-refractivity contribution in [1.82, 2.24) is 24.1 Å². The van der Waals surface area contributed by atoms with Crippen LogP contribution in [0.5, 0.6) is 0 Å². The van der Waals surface area contributed by atoms with Gasteiger partial charge in [-0.25, -0.2) is 0 Å². The lowest BCUT2D eigenvalue weighted by molar-refractivity contribution is -0.129. The molecule has 1 aliphatic rings. The van der Waals surface area contributed by atoms with E-state index >= 15 is 0 Å². The van der Waals surface area contributed by atoms with E-state index in [1.165, 1.54) is 22.9 Å². The fourth-order valence-corrected chi connectivity index (χ4v) is 5.13. The molecule has 4 aromatic rings. The number of thioether (sulfide) groups is 1. The van der Waals surface area contributed by atoms with Crippen LogP contribution in [0.15, 0.2) is 58.5 Å². The molecule has 7 nitrogen and oxygen atoms in total. The fraction of sp³-hybridized carbons (Fsp3) is 0.333. The van der Waals surface area contributed by atoms with E-state index in [9.17, 15) is 9.59 Å². The molecular formula is C24H25N5O2S. The van der Waals surface area contributed by atoms with Gasteiger partial charge in [0.1, 0.15) is 0 Å². The molecule has 0 radical (unpaired) electrons. The first-order valence-electron chi connectivity index (χ1n) is 10.9. The van der Waals surface area contributed by atoms with Gasteiger partial charge in [0, 0.05) is 19.6 Å². The molecule has 2 aromatic heterocycles. The molecule has 0 unspecified atom stereocenters. The third-order valence-corrected chi connectivity index (χ3v) is 6.75. The van der Waals surface area contributed by atoms with E-state index in [0.717, 1.165) is 18.5 Å². The van der Waals surface area contributed by atoms with Gasteiger partial charge in [0.2, 0.25) is 11.7 Å². The first kappa shape index (κ1) is 20.8. The van der Waals surface area contributed by atoms with E-state index in [2.05, 4.69) is 36.2 Å². The maximum atomic E-state index is 13.1. The molecular weight excluding hydrogens is 422 g/mol. The molecule has 3 heterocycles. The Morgan fingerprint density at radius 3 is 2.62 bits per heavy atom. The van der Waals surface area contributed by atoms with Gasteiger partial charge >= 0.3 is 0 Å². The largest absolute Gasteiger partial charge is 0.337 e. The van der Waals surface area contributed by atoms with Gasteiger partial charge in [-0.05, 0) is 35.6 Å². The Morgan fingerprint density at radius 1 is 1.06 bits per heavy atom. The van der Waals surface area contributed by atoms with Crippen LogP contribution in [0, 0.1) is 5.92 Å². The minimum atomic E-state index is -0.0613. The van der Waals surface area contributed by atoms with Gasteiger partial charge in [-0.15, -0.1) is 10.2 Å². The molecule has 0 spiro atoms. The number of carbonyl (C=O) groups is 1. The van der Waals surface area contributed by atoms with Gasteiger partial charge in [0.25, 0.3) is 5.56 Å². The predicted octanol–water partition coefficient (Wildman–Crippen LogP) is 3.38. The average Bonchev–Trinajstić information content (AvgIpc) is 3.23. The molecule has 0 bridgehead atoms. The molecule has 1 amide bonds. The number of aromatic nitrogens is 4. The molecule has 0 fully saturated rings. The lowest BCUT2D eigenvalue weighted by Crippen LogP contribution is -2.37. The van der Waals surface area contributed by atoms with Crippen LogP contribution in [0.3, 0.4) is 0 Å². The summed E-state index contributed by atoms with van der Waals surface area (Å²) in [5.41, 5.74) is 3.24. The second kappa shape index (κ2) is 8.43. The van der Waals surface area contributed by atoms with Crippen LogP contribution in [-0.4, -0.2) is 42.3 Å². The van der Waals surface area contributed by atoms with Crippen LogP contribution in [0.2, 0.25) is 0 Å². The number of fused-ring (bicyclic) bond motifs is 4. The first-order chi connectivity index (χ1) is 15.5. The number of nitrogens with zero attached hydrogens (tertiary/aromatic N) is 5. The molecule has 0 saturated carbocycles. The van der Waals surface area contributed by atoms with E-state index in [1.807, 2.05) is 45.7 Å². The van der Waals surface area contributed by atoms with Crippen LogP contribution in [0.25, 0.3) is 16.7 Å². The van der Waals surface area contributed by atoms with E-state index in [1.54, 1.807) is 4.57 Å². The maximum Gasteiger partial charge on any atom is 0.262 e. The molecule has 0 N–H and O–H groups in total. The molecule has 164 valence electrons. The molecule has 0 saturated heterocycles. The summed E-state index contributed by atoms with van der Waals surface area (Å²) >= 11 is 1.37. The summed E-state index contributed by atoms with van der Waals surface area (Å²) in [6.45, 7) is 6.07. The second-order valence-electron chi connectivity index (χ2n) is 8.57. The highest BCUT2D eigenvalue weighted by molar-refractivity contribution is 7.99. The summed E-state index contributed by atoms with van der Waals surface area (Å²) in [6, 6.07) is 15.8. The number of hydrogen-bond donors (Lipinski definition) is 0. The summed E-state index contributed by atoms with van der Waals surface area (Å²) in [7, 11) is 0. The van der Waals surface area contributed by atoms with Crippen molar-refractivity contribution in [3.05, 3.63) is 70.0 Å². The highest BCUT2D eigenvalue weighted by atomic mass is 32.2. The molecule has 0 atom stereocenters. The van der Waals surface area contributed by atoms with E-state index in [-0.39, 0.29) is 23.1 Å². The smallest absolute Gasteiger partial charge is 0.262 e. The van der Waals surface area contributed by atoms with Gasteiger partial charge < -0.3 is 4.90 Å². The molecule has 2 aromatic carbocycles. The third-order valence-electron chi connectivity index (χ3n) is 5.83. The number of benzene rings is 2. The highest BCUT2D eigenvalue weighted by Gasteiger charge is 2.22. The summed E-state index contributed by atoms with van der Waals surface area (Å²) in [5.74, 6) is 1.17. The minimum absolute atomic E-state index is 0.0613. The van der Waals surface area contributed by atoms with E-state index in [0.29, 0.717) is 29.4 Å². The number of amides is 1. The highest BCUT2D eigenvalue weighted by Crippen LogP contribution is 2.24. The predicted molar refractivity (Wildman–Crippen MR) is 126 cm³/mol. The zero-order valence-corrected chi connectivity index (χ0v) is 19.0. The minimum Gasteiger partial charge on any atom is -0.337 e. The Balaban J connectivity index is 1.45. The summed E-state index contributed by atoms with van der Waals surface area (Å²) in [5, 5.41) is 9.94. The van der Waals surface area contributed by atoms with Crippen LogP contribution >= 0.6 is 11.8 Å². The number of para-hydroxylation sites is 1. The average molecular weight is 448 g/mol. The van der Waals surface area contributed by atoms with Crippen molar-refractivity contribution in [2.24, 2.45) is 5.92 Å². The SMILES string of the molecule is CC(C)Cn1c(=O)c2ccccc2n2c(SCC(=O)N3CCc4ccccc4C3)nnc12.